The third kappa shape index (κ3) is 7.98. The molecule has 1 amide bonds. The number of hydrogen-bond acceptors (Lipinski definition) is 8. The van der Waals surface area contributed by atoms with E-state index in [4.69, 9.17) is 10.5 Å². The minimum atomic E-state index is -1.17. The third-order valence-corrected chi connectivity index (χ3v) is 5.56. The topological polar surface area (TPSA) is 127 Å². The first-order valence-electron chi connectivity index (χ1n) is 10.6. The van der Waals surface area contributed by atoms with E-state index in [2.05, 4.69) is 15.6 Å². The quantitative estimate of drug-likeness (QED) is 0.252. The standard InChI is InChI=1S/C24H28N4O4S/c1-16(29)23(31)32-21(18-5-3-2-4-6-18)14-26-12-11-17-7-9-19(10-8-17)27-22(30)13-20-15-33-24(25)28-20/h2-10,15-16,21,26,29H,11-14H2,1H3,(H2,25,28)(H,27,30). The average molecular weight is 469 g/mol. The Kier molecular flexibility index (Phi) is 8.94. The van der Waals surface area contributed by atoms with Crippen molar-refractivity contribution in [2.24, 2.45) is 0 Å². The molecule has 9 heteroatoms. The van der Waals surface area contributed by atoms with Gasteiger partial charge in [-0.1, -0.05) is 42.5 Å². The molecule has 0 aliphatic rings. The molecule has 2 atom stereocenters. The minimum absolute atomic E-state index is 0.145. The van der Waals surface area contributed by atoms with Crippen molar-refractivity contribution < 1.29 is 19.4 Å². The molecule has 0 spiro atoms. The molecule has 174 valence electrons. The van der Waals surface area contributed by atoms with E-state index >= 15 is 0 Å². The van der Waals surface area contributed by atoms with E-state index in [1.165, 1.54) is 18.3 Å². The van der Waals surface area contributed by atoms with Crippen LogP contribution in [0.2, 0.25) is 0 Å². The Balaban J connectivity index is 1.45. The normalized spacial score (nSPS) is 12.7. The van der Waals surface area contributed by atoms with Crippen molar-refractivity contribution in [3.8, 4) is 0 Å². The second-order valence-corrected chi connectivity index (χ2v) is 8.45. The molecular formula is C24H28N4O4S. The van der Waals surface area contributed by atoms with E-state index in [9.17, 15) is 14.7 Å². The zero-order valence-corrected chi connectivity index (χ0v) is 19.2. The maximum Gasteiger partial charge on any atom is 0.335 e. The van der Waals surface area contributed by atoms with Gasteiger partial charge in [-0.05, 0) is 43.1 Å². The van der Waals surface area contributed by atoms with Gasteiger partial charge in [0.15, 0.2) is 5.13 Å². The lowest BCUT2D eigenvalue weighted by Gasteiger charge is -2.20. The van der Waals surface area contributed by atoms with E-state index in [1.807, 2.05) is 54.6 Å². The molecular weight excluding hydrogens is 440 g/mol. The second kappa shape index (κ2) is 12.1. The number of nitrogen functional groups attached to an aromatic ring is 1. The van der Waals surface area contributed by atoms with Gasteiger partial charge >= 0.3 is 5.97 Å². The summed E-state index contributed by atoms with van der Waals surface area (Å²) in [5.41, 5.74) is 8.93. The summed E-state index contributed by atoms with van der Waals surface area (Å²) in [5.74, 6) is -0.796. The smallest absolute Gasteiger partial charge is 0.335 e. The largest absolute Gasteiger partial charge is 0.454 e. The maximum atomic E-state index is 12.1. The minimum Gasteiger partial charge on any atom is -0.454 e. The molecule has 0 radical (unpaired) electrons. The number of carbonyl (C=O) groups is 2. The van der Waals surface area contributed by atoms with E-state index < -0.39 is 18.2 Å². The monoisotopic (exact) mass is 468 g/mol. The van der Waals surface area contributed by atoms with E-state index in [0.29, 0.717) is 29.6 Å². The molecule has 0 saturated carbocycles. The van der Waals surface area contributed by atoms with Crippen LogP contribution >= 0.6 is 11.3 Å². The van der Waals surface area contributed by atoms with Crippen molar-refractivity contribution in [3.63, 3.8) is 0 Å². The SMILES string of the molecule is CC(O)C(=O)OC(CNCCc1ccc(NC(=O)Cc2csc(N)n2)cc1)c1ccccc1. The number of nitrogens with two attached hydrogens (primary N) is 1. The highest BCUT2D eigenvalue weighted by Crippen LogP contribution is 2.18. The van der Waals surface area contributed by atoms with E-state index in [1.54, 1.807) is 5.38 Å². The summed E-state index contributed by atoms with van der Waals surface area (Å²) in [5, 5.41) is 17.9. The summed E-state index contributed by atoms with van der Waals surface area (Å²) in [6, 6.07) is 17.1. The van der Waals surface area contributed by atoms with Crippen LogP contribution in [0.25, 0.3) is 0 Å². The highest BCUT2D eigenvalue weighted by atomic mass is 32.1. The molecule has 1 aromatic heterocycles. The molecule has 2 unspecified atom stereocenters. The van der Waals surface area contributed by atoms with Crippen LogP contribution in [-0.4, -0.2) is 41.2 Å². The second-order valence-electron chi connectivity index (χ2n) is 7.57. The van der Waals surface area contributed by atoms with Gasteiger partial charge in [-0.2, -0.15) is 0 Å². The first-order valence-corrected chi connectivity index (χ1v) is 11.5. The summed E-state index contributed by atoms with van der Waals surface area (Å²) >= 11 is 1.31. The Hall–Kier alpha value is -3.27. The van der Waals surface area contributed by atoms with Gasteiger partial charge in [-0.15, -0.1) is 11.3 Å². The number of esters is 1. The zero-order valence-electron chi connectivity index (χ0n) is 18.4. The Labute approximate surface area is 196 Å². The molecule has 0 bridgehead atoms. The number of amides is 1. The number of hydrogen-bond donors (Lipinski definition) is 4. The first-order chi connectivity index (χ1) is 15.9. The summed E-state index contributed by atoms with van der Waals surface area (Å²) in [7, 11) is 0. The van der Waals surface area contributed by atoms with E-state index in [-0.39, 0.29) is 12.3 Å². The van der Waals surface area contributed by atoms with Gasteiger partial charge in [0.2, 0.25) is 5.91 Å². The van der Waals surface area contributed by atoms with Crippen molar-refractivity contribution >= 4 is 34.0 Å². The van der Waals surface area contributed by atoms with Gasteiger partial charge in [-0.25, -0.2) is 9.78 Å². The van der Waals surface area contributed by atoms with Crippen LogP contribution < -0.4 is 16.4 Å². The fourth-order valence-corrected chi connectivity index (χ4v) is 3.69. The number of carbonyl (C=O) groups excluding carboxylic acids is 2. The van der Waals surface area contributed by atoms with Crippen LogP contribution in [-0.2, 0) is 27.2 Å². The maximum absolute atomic E-state index is 12.1. The Morgan fingerprint density at radius 3 is 2.52 bits per heavy atom. The van der Waals surface area contributed by atoms with Crippen LogP contribution in [0.1, 0.15) is 29.8 Å². The number of benzene rings is 2. The molecule has 3 aromatic rings. The molecule has 3 rings (SSSR count). The van der Waals surface area contributed by atoms with Gasteiger partial charge in [0.25, 0.3) is 0 Å². The summed E-state index contributed by atoms with van der Waals surface area (Å²) in [6.45, 7) is 2.49. The van der Waals surface area contributed by atoms with Gasteiger partial charge in [0.1, 0.15) is 12.2 Å². The lowest BCUT2D eigenvalue weighted by atomic mass is 10.1. The Morgan fingerprint density at radius 2 is 1.88 bits per heavy atom. The Bertz CT molecular complexity index is 1040. The predicted octanol–water partition coefficient (Wildman–Crippen LogP) is 2.70. The molecule has 0 aliphatic carbocycles. The number of anilines is 2. The summed E-state index contributed by atoms with van der Waals surface area (Å²) in [4.78, 5) is 28.1. The first kappa shape index (κ1) is 24.4. The van der Waals surface area contributed by atoms with Gasteiger partial charge in [-0.3, -0.25) is 4.79 Å². The van der Waals surface area contributed by atoms with Crippen molar-refractivity contribution in [1.29, 1.82) is 0 Å². The predicted molar refractivity (Wildman–Crippen MR) is 129 cm³/mol. The molecule has 33 heavy (non-hydrogen) atoms. The number of aliphatic hydroxyl groups is 1. The summed E-state index contributed by atoms with van der Waals surface area (Å²) < 4.78 is 5.44. The van der Waals surface area contributed by atoms with Crippen molar-refractivity contribution in [1.82, 2.24) is 10.3 Å². The number of nitrogens with one attached hydrogen (secondary N) is 2. The highest BCUT2D eigenvalue weighted by Gasteiger charge is 2.19. The number of aliphatic hydroxyl groups excluding tert-OH is 1. The van der Waals surface area contributed by atoms with Crippen molar-refractivity contribution in [2.75, 3.05) is 24.1 Å². The van der Waals surface area contributed by atoms with E-state index in [0.717, 1.165) is 17.5 Å². The average Bonchev–Trinajstić information content (AvgIpc) is 3.21. The van der Waals surface area contributed by atoms with Gasteiger partial charge < -0.3 is 26.2 Å². The number of thiazole rings is 1. The van der Waals surface area contributed by atoms with Crippen LogP contribution in [0.4, 0.5) is 10.8 Å². The van der Waals surface area contributed by atoms with Crippen molar-refractivity contribution in [2.45, 2.75) is 32.0 Å². The number of rotatable bonds is 11. The highest BCUT2D eigenvalue weighted by molar-refractivity contribution is 7.13. The zero-order chi connectivity index (χ0) is 23.6. The molecule has 0 saturated heterocycles. The van der Waals surface area contributed by atoms with Crippen LogP contribution in [0.3, 0.4) is 0 Å². The fraction of sp³-hybridized carbons (Fsp3) is 0.292. The number of ether oxygens (including phenoxy) is 1. The molecule has 5 N–H and O–H groups in total. The lowest BCUT2D eigenvalue weighted by Crippen LogP contribution is -2.29. The number of aromatic nitrogens is 1. The van der Waals surface area contributed by atoms with Gasteiger partial charge in [0, 0.05) is 17.6 Å². The van der Waals surface area contributed by atoms with Crippen LogP contribution in [0, 0.1) is 0 Å². The molecule has 0 aliphatic heterocycles. The fourth-order valence-electron chi connectivity index (χ4n) is 3.13. The summed E-state index contributed by atoms with van der Waals surface area (Å²) in [6.07, 6.45) is -0.714. The molecule has 2 aromatic carbocycles. The van der Waals surface area contributed by atoms with Crippen LogP contribution in [0.15, 0.2) is 60.0 Å². The number of nitrogens with zero attached hydrogens (tertiary/aromatic N) is 1. The molecule has 1 heterocycles. The lowest BCUT2D eigenvalue weighted by molar-refractivity contribution is -0.158. The molecule has 8 nitrogen and oxygen atoms in total. The van der Waals surface area contributed by atoms with Gasteiger partial charge in [0.05, 0.1) is 12.1 Å². The third-order valence-electron chi connectivity index (χ3n) is 4.84. The Morgan fingerprint density at radius 1 is 1.15 bits per heavy atom. The molecule has 0 fully saturated rings. The van der Waals surface area contributed by atoms with Crippen LogP contribution in [0.5, 0.6) is 0 Å². The van der Waals surface area contributed by atoms with Crippen molar-refractivity contribution in [3.05, 3.63) is 76.8 Å².